The van der Waals surface area contributed by atoms with E-state index >= 15 is 0 Å². The van der Waals surface area contributed by atoms with E-state index < -0.39 is 0 Å². The van der Waals surface area contributed by atoms with E-state index in [2.05, 4.69) is 5.32 Å². The van der Waals surface area contributed by atoms with Crippen LogP contribution in [0.25, 0.3) is 0 Å². The van der Waals surface area contributed by atoms with Crippen molar-refractivity contribution >= 4 is 36.6 Å². The summed E-state index contributed by atoms with van der Waals surface area (Å²) in [6.07, 6.45) is 6.40. The first-order valence-corrected chi connectivity index (χ1v) is 8.94. The maximum absolute atomic E-state index is 12.5. The van der Waals surface area contributed by atoms with Crippen LogP contribution in [0.3, 0.4) is 0 Å². The van der Waals surface area contributed by atoms with Gasteiger partial charge in [-0.3, -0.25) is 9.59 Å². The van der Waals surface area contributed by atoms with Crippen LogP contribution in [0.15, 0.2) is 0 Å². The molecular formula is C17H34Cl2N4O2. The summed E-state index contributed by atoms with van der Waals surface area (Å²) in [5.74, 6) is 0.377. The second-order valence-electron chi connectivity index (χ2n) is 7.29. The van der Waals surface area contributed by atoms with Crippen molar-refractivity contribution in [2.24, 2.45) is 17.6 Å². The smallest absolute Gasteiger partial charge is 0.225 e. The number of hydrogen-bond donors (Lipinski definition) is 2. The minimum atomic E-state index is -0.220. The van der Waals surface area contributed by atoms with E-state index in [-0.39, 0.29) is 48.6 Å². The first kappa shape index (κ1) is 24.4. The van der Waals surface area contributed by atoms with Crippen LogP contribution in [0.1, 0.15) is 38.5 Å². The molecule has 148 valence electrons. The molecule has 0 aromatic carbocycles. The molecule has 2 rings (SSSR count). The Morgan fingerprint density at radius 2 is 1.92 bits per heavy atom. The van der Waals surface area contributed by atoms with Crippen LogP contribution in [0.4, 0.5) is 0 Å². The van der Waals surface area contributed by atoms with Gasteiger partial charge in [-0.1, -0.05) is 19.3 Å². The van der Waals surface area contributed by atoms with Crippen LogP contribution in [0, 0.1) is 11.8 Å². The molecule has 1 heterocycles. The molecule has 0 radical (unpaired) electrons. The van der Waals surface area contributed by atoms with Crippen LogP contribution >= 0.6 is 24.8 Å². The molecule has 2 aliphatic rings. The van der Waals surface area contributed by atoms with Crippen LogP contribution < -0.4 is 11.1 Å². The van der Waals surface area contributed by atoms with Crippen molar-refractivity contribution in [2.45, 2.75) is 44.6 Å². The molecule has 2 atom stereocenters. The molecule has 2 amide bonds. The number of rotatable bonds is 7. The highest BCUT2D eigenvalue weighted by atomic mass is 35.5. The lowest BCUT2D eigenvalue weighted by molar-refractivity contribution is -0.129. The van der Waals surface area contributed by atoms with Crippen LogP contribution in [-0.4, -0.2) is 67.9 Å². The van der Waals surface area contributed by atoms with Gasteiger partial charge in [0, 0.05) is 38.6 Å². The van der Waals surface area contributed by atoms with E-state index in [0.717, 1.165) is 19.4 Å². The van der Waals surface area contributed by atoms with E-state index in [1.165, 1.54) is 19.3 Å². The molecule has 0 aromatic heterocycles. The van der Waals surface area contributed by atoms with E-state index in [4.69, 9.17) is 5.73 Å². The zero-order chi connectivity index (χ0) is 16.8. The van der Waals surface area contributed by atoms with Crippen molar-refractivity contribution in [2.75, 3.05) is 40.3 Å². The quantitative estimate of drug-likeness (QED) is 0.678. The Bertz CT molecular complexity index is 417. The van der Waals surface area contributed by atoms with Gasteiger partial charge < -0.3 is 20.9 Å². The summed E-state index contributed by atoms with van der Waals surface area (Å²) in [4.78, 5) is 28.4. The van der Waals surface area contributed by atoms with Gasteiger partial charge in [0.2, 0.25) is 11.8 Å². The number of nitrogens with one attached hydrogen (secondary N) is 1. The molecule has 2 unspecified atom stereocenters. The molecular weight excluding hydrogens is 363 g/mol. The highest BCUT2D eigenvalue weighted by Crippen LogP contribution is 2.27. The summed E-state index contributed by atoms with van der Waals surface area (Å²) < 4.78 is 0. The highest BCUT2D eigenvalue weighted by molar-refractivity contribution is 5.89. The first-order chi connectivity index (χ1) is 11.0. The number of carbonyl (C=O) groups excluding carboxylic acids is 2. The predicted molar refractivity (Wildman–Crippen MR) is 105 cm³/mol. The molecule has 2 fully saturated rings. The van der Waals surface area contributed by atoms with E-state index in [9.17, 15) is 9.59 Å². The molecule has 0 spiro atoms. The zero-order valence-corrected chi connectivity index (χ0v) is 17.0. The Morgan fingerprint density at radius 1 is 1.28 bits per heavy atom. The minimum Gasteiger partial charge on any atom is -0.352 e. The Morgan fingerprint density at radius 3 is 2.48 bits per heavy atom. The van der Waals surface area contributed by atoms with Gasteiger partial charge in [0.15, 0.2) is 0 Å². The van der Waals surface area contributed by atoms with Gasteiger partial charge in [0.05, 0.1) is 5.92 Å². The second-order valence-corrected chi connectivity index (χ2v) is 7.29. The molecule has 1 aliphatic heterocycles. The average Bonchev–Trinajstić information content (AvgIpc) is 2.92. The number of amides is 2. The normalized spacial score (nSPS) is 22.3. The average molecular weight is 397 g/mol. The number of likely N-dealkylation sites (N-methyl/N-ethyl adjacent to an activating group) is 1. The largest absolute Gasteiger partial charge is 0.352 e. The van der Waals surface area contributed by atoms with Crippen molar-refractivity contribution in [1.29, 1.82) is 0 Å². The Hall–Kier alpha value is -0.560. The fraction of sp³-hybridized carbons (Fsp3) is 0.882. The summed E-state index contributed by atoms with van der Waals surface area (Å²) in [5, 5.41) is 3.13. The fourth-order valence-corrected chi connectivity index (χ4v) is 3.69. The van der Waals surface area contributed by atoms with Crippen molar-refractivity contribution in [3.63, 3.8) is 0 Å². The van der Waals surface area contributed by atoms with Gasteiger partial charge in [-0.2, -0.15) is 0 Å². The SMILES string of the molecule is CN(C)CCN1CC(C(=O)NC(CN)C2CCCCC2)CC1=O.Cl.Cl. The highest BCUT2D eigenvalue weighted by Gasteiger charge is 2.35. The summed E-state index contributed by atoms with van der Waals surface area (Å²) in [6, 6.07) is 0.0636. The van der Waals surface area contributed by atoms with Crippen molar-refractivity contribution in [1.82, 2.24) is 15.1 Å². The number of halogens is 2. The minimum absolute atomic E-state index is 0. The van der Waals surface area contributed by atoms with Gasteiger partial charge in [0.1, 0.15) is 0 Å². The molecule has 25 heavy (non-hydrogen) atoms. The van der Waals surface area contributed by atoms with Crippen LogP contribution in [-0.2, 0) is 9.59 Å². The molecule has 8 heteroatoms. The van der Waals surface area contributed by atoms with E-state index in [1.807, 2.05) is 23.9 Å². The monoisotopic (exact) mass is 396 g/mol. The molecule has 1 saturated carbocycles. The molecule has 1 saturated heterocycles. The molecule has 0 aromatic rings. The number of nitrogens with two attached hydrogens (primary N) is 1. The summed E-state index contributed by atoms with van der Waals surface area (Å²) in [6.45, 7) is 2.55. The Kier molecular flexibility index (Phi) is 11.7. The fourth-order valence-electron chi connectivity index (χ4n) is 3.69. The topological polar surface area (TPSA) is 78.7 Å². The second kappa shape index (κ2) is 11.9. The van der Waals surface area contributed by atoms with Crippen molar-refractivity contribution < 1.29 is 9.59 Å². The van der Waals surface area contributed by atoms with Gasteiger partial charge in [-0.15, -0.1) is 24.8 Å². The van der Waals surface area contributed by atoms with Crippen molar-refractivity contribution in [3.05, 3.63) is 0 Å². The third-order valence-electron chi connectivity index (χ3n) is 5.20. The summed E-state index contributed by atoms with van der Waals surface area (Å²) in [7, 11) is 3.97. The van der Waals surface area contributed by atoms with E-state index in [0.29, 0.717) is 32.0 Å². The summed E-state index contributed by atoms with van der Waals surface area (Å²) in [5.41, 5.74) is 5.89. The standard InChI is InChI=1S/C17H32N4O2.2ClH/c1-20(2)8-9-21-12-14(10-16(21)22)17(23)19-15(11-18)13-6-4-3-5-7-13;;/h13-15H,3-12,18H2,1-2H3,(H,19,23);2*1H. The van der Waals surface area contributed by atoms with Gasteiger partial charge in [-0.25, -0.2) is 0 Å². The Balaban J connectivity index is 0.00000288. The van der Waals surface area contributed by atoms with Gasteiger partial charge in [-0.05, 0) is 32.9 Å². The lowest BCUT2D eigenvalue weighted by Crippen LogP contribution is -2.48. The first-order valence-electron chi connectivity index (χ1n) is 8.94. The van der Waals surface area contributed by atoms with Crippen LogP contribution in [0.5, 0.6) is 0 Å². The maximum atomic E-state index is 12.5. The molecule has 1 aliphatic carbocycles. The Labute approximate surface area is 164 Å². The number of hydrogen-bond acceptors (Lipinski definition) is 4. The number of likely N-dealkylation sites (tertiary alicyclic amines) is 1. The predicted octanol–water partition coefficient (Wildman–Crippen LogP) is 1.26. The van der Waals surface area contributed by atoms with Gasteiger partial charge >= 0.3 is 0 Å². The third-order valence-corrected chi connectivity index (χ3v) is 5.20. The zero-order valence-electron chi connectivity index (χ0n) is 15.4. The third kappa shape index (κ3) is 7.29. The molecule has 6 nitrogen and oxygen atoms in total. The lowest BCUT2D eigenvalue weighted by Gasteiger charge is -2.30. The van der Waals surface area contributed by atoms with Gasteiger partial charge in [0.25, 0.3) is 0 Å². The summed E-state index contributed by atoms with van der Waals surface area (Å²) >= 11 is 0. The van der Waals surface area contributed by atoms with E-state index in [1.54, 1.807) is 0 Å². The molecule has 0 bridgehead atoms. The number of carbonyl (C=O) groups is 2. The lowest BCUT2D eigenvalue weighted by atomic mass is 9.83. The van der Waals surface area contributed by atoms with Crippen LogP contribution in [0.2, 0.25) is 0 Å². The van der Waals surface area contributed by atoms with Crippen molar-refractivity contribution in [3.8, 4) is 0 Å². The molecule has 3 N–H and O–H groups in total. The number of nitrogens with zero attached hydrogens (tertiary/aromatic N) is 2. The maximum Gasteiger partial charge on any atom is 0.225 e.